The van der Waals surface area contributed by atoms with Gasteiger partial charge in [-0.2, -0.15) is 5.26 Å². The first-order chi connectivity index (χ1) is 17.7. The third-order valence-corrected chi connectivity index (χ3v) is 6.42. The van der Waals surface area contributed by atoms with Crippen molar-refractivity contribution in [3.63, 3.8) is 0 Å². The molecule has 4 rings (SSSR count). The summed E-state index contributed by atoms with van der Waals surface area (Å²) in [4.78, 5) is 22.1. The summed E-state index contributed by atoms with van der Waals surface area (Å²) in [5.41, 5.74) is 6.38. The lowest BCUT2D eigenvalue weighted by Crippen LogP contribution is -2.23. The van der Waals surface area contributed by atoms with Crippen molar-refractivity contribution in [2.45, 2.75) is 40.8 Å². The summed E-state index contributed by atoms with van der Waals surface area (Å²) in [7, 11) is 0. The van der Waals surface area contributed by atoms with Gasteiger partial charge in [0.2, 0.25) is 0 Å². The minimum absolute atomic E-state index is 0.0716. The van der Waals surface area contributed by atoms with Crippen LogP contribution >= 0.6 is 11.6 Å². The van der Waals surface area contributed by atoms with E-state index in [1.807, 2.05) is 52.0 Å². The van der Waals surface area contributed by atoms with E-state index in [0.29, 0.717) is 22.0 Å². The summed E-state index contributed by atoms with van der Waals surface area (Å²) < 4.78 is 7.74. The number of allylic oxidation sites excluding steroid dienone is 3. The summed E-state index contributed by atoms with van der Waals surface area (Å²) >= 11 is 6.64. The van der Waals surface area contributed by atoms with Gasteiger partial charge >= 0.3 is 0 Å². The number of rotatable bonds is 7. The molecule has 0 N–H and O–H groups in total. The molecular formula is C30H27ClN4O2. The third kappa shape index (κ3) is 5.32. The molecule has 0 saturated heterocycles. The van der Waals surface area contributed by atoms with Gasteiger partial charge in [-0.3, -0.25) is 9.78 Å². The second-order valence-electron chi connectivity index (χ2n) is 8.87. The normalized spacial score (nSPS) is 11.4. The topological polar surface area (TPSA) is 80.8 Å². The zero-order valence-corrected chi connectivity index (χ0v) is 22.1. The van der Waals surface area contributed by atoms with E-state index < -0.39 is 0 Å². The van der Waals surface area contributed by atoms with Crippen LogP contribution in [0.3, 0.4) is 0 Å². The highest BCUT2D eigenvalue weighted by atomic mass is 35.5. The highest BCUT2D eigenvalue weighted by molar-refractivity contribution is 6.31. The predicted octanol–water partition coefficient (Wildman–Crippen LogP) is 6.54. The average Bonchev–Trinajstić information content (AvgIpc) is 2.85. The Hall–Kier alpha value is -4.21. The van der Waals surface area contributed by atoms with Gasteiger partial charge in [0.25, 0.3) is 5.56 Å². The average molecular weight is 511 g/mol. The van der Waals surface area contributed by atoms with Crippen molar-refractivity contribution < 1.29 is 4.74 Å². The number of nitrogens with zero attached hydrogens (tertiary/aromatic N) is 4. The zero-order chi connectivity index (χ0) is 26.7. The van der Waals surface area contributed by atoms with Gasteiger partial charge in [-0.25, -0.2) is 4.98 Å². The second-order valence-corrected chi connectivity index (χ2v) is 9.28. The van der Waals surface area contributed by atoms with E-state index in [0.717, 1.165) is 39.0 Å². The predicted molar refractivity (Wildman–Crippen MR) is 148 cm³/mol. The number of hydrogen-bond acceptors (Lipinski definition) is 5. The fourth-order valence-electron chi connectivity index (χ4n) is 4.38. The molecule has 0 aliphatic carbocycles. The largest absolute Gasteiger partial charge is 0.486 e. The first-order valence-electron chi connectivity index (χ1n) is 11.8. The SMILES string of the molecule is C=C(C)/C(=C\C)c1cc(C)nc2c(OCc3c(Cl)cc(C)nc3Cn3cccc(C#N)c3=O)cccc12. The molecule has 0 radical (unpaired) electrons. The van der Waals surface area contributed by atoms with Gasteiger partial charge in [-0.1, -0.05) is 42.0 Å². The quantitative estimate of drug-likeness (QED) is 0.264. The molecule has 6 nitrogen and oxygen atoms in total. The van der Waals surface area contributed by atoms with Gasteiger partial charge in [0.15, 0.2) is 0 Å². The highest BCUT2D eigenvalue weighted by Crippen LogP contribution is 2.34. The fourth-order valence-corrected chi connectivity index (χ4v) is 4.70. The highest BCUT2D eigenvalue weighted by Gasteiger charge is 2.16. The first kappa shape index (κ1) is 25.9. The first-order valence-corrected chi connectivity index (χ1v) is 12.2. The van der Waals surface area contributed by atoms with Crippen LogP contribution in [-0.2, 0) is 13.2 Å². The molecule has 0 fully saturated rings. The molecule has 0 atom stereocenters. The Kier molecular flexibility index (Phi) is 7.56. The van der Waals surface area contributed by atoms with E-state index in [1.54, 1.807) is 18.3 Å². The van der Waals surface area contributed by atoms with Crippen LogP contribution < -0.4 is 10.3 Å². The van der Waals surface area contributed by atoms with Gasteiger partial charge in [0, 0.05) is 28.5 Å². The van der Waals surface area contributed by atoms with Gasteiger partial charge in [-0.05, 0) is 69.2 Å². The Morgan fingerprint density at radius 3 is 2.65 bits per heavy atom. The van der Waals surface area contributed by atoms with Gasteiger partial charge in [0.1, 0.15) is 29.5 Å². The molecular weight excluding hydrogens is 484 g/mol. The summed E-state index contributed by atoms with van der Waals surface area (Å²) in [6.45, 7) is 12.2. The summed E-state index contributed by atoms with van der Waals surface area (Å²) in [6, 6.07) is 14.8. The molecule has 1 aromatic carbocycles. The minimum atomic E-state index is -0.380. The van der Waals surface area contributed by atoms with Crippen LogP contribution in [-0.4, -0.2) is 14.5 Å². The number of ether oxygens (including phenoxy) is 1. The van der Waals surface area contributed by atoms with Gasteiger partial charge < -0.3 is 9.30 Å². The van der Waals surface area contributed by atoms with E-state index in [2.05, 4.69) is 23.7 Å². The van der Waals surface area contributed by atoms with Crippen molar-refractivity contribution >= 4 is 28.1 Å². The lowest BCUT2D eigenvalue weighted by atomic mass is 9.95. The molecule has 0 unspecified atom stereocenters. The van der Waals surface area contributed by atoms with Crippen LogP contribution in [0.15, 0.2) is 71.7 Å². The van der Waals surface area contributed by atoms with Crippen molar-refractivity contribution in [1.29, 1.82) is 5.26 Å². The number of nitriles is 1. The Morgan fingerprint density at radius 2 is 1.95 bits per heavy atom. The third-order valence-electron chi connectivity index (χ3n) is 6.09. The molecule has 0 saturated carbocycles. The summed E-state index contributed by atoms with van der Waals surface area (Å²) in [6.07, 6.45) is 3.68. The van der Waals surface area contributed by atoms with E-state index >= 15 is 0 Å². The molecule has 0 amide bonds. The number of benzene rings is 1. The molecule has 0 spiro atoms. The van der Waals surface area contributed by atoms with Crippen LogP contribution in [0.25, 0.3) is 16.5 Å². The van der Waals surface area contributed by atoms with Crippen LogP contribution in [0.2, 0.25) is 5.02 Å². The Bertz CT molecular complexity index is 1660. The number of halogens is 1. The van der Waals surface area contributed by atoms with Crippen LogP contribution in [0.5, 0.6) is 5.75 Å². The monoisotopic (exact) mass is 510 g/mol. The van der Waals surface area contributed by atoms with E-state index in [4.69, 9.17) is 21.3 Å². The van der Waals surface area contributed by atoms with E-state index in [9.17, 15) is 10.1 Å². The van der Waals surface area contributed by atoms with Crippen LogP contribution in [0, 0.1) is 25.2 Å². The molecule has 37 heavy (non-hydrogen) atoms. The van der Waals surface area contributed by atoms with Crippen molar-refractivity contribution in [3.8, 4) is 11.8 Å². The molecule has 3 aromatic heterocycles. The van der Waals surface area contributed by atoms with Crippen LogP contribution in [0.1, 0.15) is 47.6 Å². The Balaban J connectivity index is 1.75. The molecule has 0 bridgehead atoms. The van der Waals surface area contributed by atoms with Gasteiger partial charge in [-0.15, -0.1) is 0 Å². The standard InChI is InChI=1S/C30H27ClN4O2/c1-6-22(18(2)3)24-13-19(4)34-29-23(24)10-7-11-28(29)37-17-25-26(31)14-20(5)33-27(25)16-35-12-8-9-21(15-32)30(35)36/h6-14H,2,16-17H2,1,3-5H3/b22-6+. The van der Waals surface area contributed by atoms with Crippen molar-refractivity contribution in [3.05, 3.63) is 116 Å². The van der Waals surface area contributed by atoms with E-state index in [-0.39, 0.29) is 24.3 Å². The maximum atomic E-state index is 12.6. The number of para-hydroxylation sites is 1. The van der Waals surface area contributed by atoms with Crippen molar-refractivity contribution in [1.82, 2.24) is 14.5 Å². The maximum Gasteiger partial charge on any atom is 0.268 e. The number of aryl methyl sites for hydroxylation is 2. The smallest absolute Gasteiger partial charge is 0.268 e. The Morgan fingerprint density at radius 1 is 1.19 bits per heavy atom. The molecule has 3 heterocycles. The van der Waals surface area contributed by atoms with Crippen LogP contribution in [0.4, 0.5) is 0 Å². The number of pyridine rings is 3. The number of fused-ring (bicyclic) bond motifs is 1. The second kappa shape index (κ2) is 10.8. The Labute approximate surface area is 221 Å². The lowest BCUT2D eigenvalue weighted by Gasteiger charge is -2.17. The van der Waals surface area contributed by atoms with E-state index in [1.165, 1.54) is 10.6 Å². The fraction of sp³-hybridized carbons (Fsp3) is 0.200. The number of hydrogen-bond donors (Lipinski definition) is 0. The van der Waals surface area contributed by atoms with Crippen molar-refractivity contribution in [2.24, 2.45) is 0 Å². The maximum absolute atomic E-state index is 12.6. The van der Waals surface area contributed by atoms with Crippen molar-refractivity contribution in [2.75, 3.05) is 0 Å². The minimum Gasteiger partial charge on any atom is -0.486 e. The molecule has 0 aliphatic heterocycles. The molecule has 186 valence electrons. The summed E-state index contributed by atoms with van der Waals surface area (Å²) in [5.74, 6) is 0.617. The lowest BCUT2D eigenvalue weighted by molar-refractivity contribution is 0.307. The van der Waals surface area contributed by atoms with Gasteiger partial charge in [0.05, 0.1) is 17.3 Å². The number of aromatic nitrogens is 3. The molecule has 4 aromatic rings. The zero-order valence-electron chi connectivity index (χ0n) is 21.3. The summed E-state index contributed by atoms with van der Waals surface area (Å²) in [5, 5.41) is 10.7. The molecule has 7 heteroatoms. The molecule has 0 aliphatic rings.